The minimum atomic E-state index is 0. The second-order valence-corrected chi connectivity index (χ2v) is 7.64. The first kappa shape index (κ1) is 22.6. The summed E-state index contributed by atoms with van der Waals surface area (Å²) < 4.78 is 5.20. The molecule has 0 spiro atoms. The Bertz CT molecular complexity index is 624. The number of aliphatic imine (C=N–C) groups is 1. The van der Waals surface area contributed by atoms with Crippen LogP contribution in [0.1, 0.15) is 31.7 Å². The quantitative estimate of drug-likeness (QED) is 0.322. The highest BCUT2D eigenvalue weighted by molar-refractivity contribution is 14.0. The van der Waals surface area contributed by atoms with E-state index in [0.29, 0.717) is 5.92 Å². The number of methoxy groups -OCH3 is 1. The summed E-state index contributed by atoms with van der Waals surface area (Å²) >= 11 is 6.32. The van der Waals surface area contributed by atoms with Crippen LogP contribution >= 0.6 is 35.6 Å². The molecule has 27 heavy (non-hydrogen) atoms. The molecule has 1 aliphatic heterocycles. The number of ether oxygens (including phenoxy) is 1. The lowest BCUT2D eigenvalue weighted by atomic mass is 10.1. The van der Waals surface area contributed by atoms with E-state index in [4.69, 9.17) is 21.3 Å². The van der Waals surface area contributed by atoms with Crippen LogP contribution < -0.4 is 15.4 Å². The maximum Gasteiger partial charge on any atom is 0.191 e. The van der Waals surface area contributed by atoms with Gasteiger partial charge in [0, 0.05) is 37.2 Å². The summed E-state index contributed by atoms with van der Waals surface area (Å²) in [7, 11) is 1.65. The summed E-state index contributed by atoms with van der Waals surface area (Å²) in [5.41, 5.74) is 1.12. The van der Waals surface area contributed by atoms with Crippen LogP contribution in [0, 0.1) is 5.92 Å². The fourth-order valence-electron chi connectivity index (χ4n) is 3.52. The van der Waals surface area contributed by atoms with Crippen molar-refractivity contribution in [2.75, 3.05) is 39.8 Å². The molecule has 0 aromatic heterocycles. The topological polar surface area (TPSA) is 48.9 Å². The summed E-state index contributed by atoms with van der Waals surface area (Å²) in [6, 6.07) is 6.72. The minimum absolute atomic E-state index is 0. The summed E-state index contributed by atoms with van der Waals surface area (Å²) in [6.07, 6.45) is 4.93. The first-order chi connectivity index (χ1) is 12.7. The third-order valence-corrected chi connectivity index (χ3v) is 5.53. The van der Waals surface area contributed by atoms with E-state index in [1.165, 1.54) is 32.4 Å². The molecule has 1 unspecified atom stereocenters. The monoisotopic (exact) mass is 506 g/mol. The Labute approximate surface area is 185 Å². The second kappa shape index (κ2) is 11.3. The van der Waals surface area contributed by atoms with E-state index in [1.807, 2.05) is 18.2 Å². The molecule has 1 aromatic rings. The van der Waals surface area contributed by atoms with Crippen LogP contribution in [0.25, 0.3) is 0 Å². The van der Waals surface area contributed by atoms with Crippen LogP contribution in [-0.4, -0.2) is 56.7 Å². The van der Waals surface area contributed by atoms with Crippen molar-refractivity contribution in [1.29, 1.82) is 0 Å². The van der Waals surface area contributed by atoms with Crippen molar-refractivity contribution in [2.45, 2.75) is 38.6 Å². The lowest BCUT2D eigenvalue weighted by Crippen LogP contribution is -2.38. The number of nitrogens with zero attached hydrogens (tertiary/aromatic N) is 2. The van der Waals surface area contributed by atoms with Crippen molar-refractivity contribution in [3.05, 3.63) is 28.8 Å². The van der Waals surface area contributed by atoms with E-state index in [2.05, 4.69) is 22.5 Å². The third-order valence-electron chi connectivity index (χ3n) is 5.18. The van der Waals surface area contributed by atoms with Gasteiger partial charge in [0.15, 0.2) is 5.96 Å². The molecule has 1 aliphatic carbocycles. The Morgan fingerprint density at radius 2 is 2.11 bits per heavy atom. The zero-order valence-electron chi connectivity index (χ0n) is 16.3. The van der Waals surface area contributed by atoms with Gasteiger partial charge in [-0.05, 0) is 62.8 Å². The smallest absolute Gasteiger partial charge is 0.191 e. The Morgan fingerprint density at radius 1 is 1.30 bits per heavy atom. The summed E-state index contributed by atoms with van der Waals surface area (Å²) in [4.78, 5) is 7.45. The average molecular weight is 507 g/mol. The molecule has 2 N–H and O–H groups in total. The van der Waals surface area contributed by atoms with E-state index < -0.39 is 0 Å². The maximum absolute atomic E-state index is 6.32. The van der Waals surface area contributed by atoms with Gasteiger partial charge in [-0.25, -0.2) is 0 Å². The summed E-state index contributed by atoms with van der Waals surface area (Å²) in [6.45, 7) is 7.15. The molecule has 7 heteroatoms. The fraction of sp³-hybridized carbons (Fsp3) is 0.650. The van der Waals surface area contributed by atoms with Crippen molar-refractivity contribution >= 4 is 41.5 Å². The zero-order valence-corrected chi connectivity index (χ0v) is 19.4. The fourth-order valence-corrected chi connectivity index (χ4v) is 3.78. The van der Waals surface area contributed by atoms with Crippen LogP contribution in [-0.2, 0) is 6.42 Å². The molecular formula is C20H32ClIN4O. The van der Waals surface area contributed by atoms with Gasteiger partial charge in [-0.1, -0.05) is 17.7 Å². The van der Waals surface area contributed by atoms with E-state index in [1.54, 1.807) is 7.11 Å². The molecule has 0 amide bonds. The number of halogens is 2. The molecule has 152 valence electrons. The van der Waals surface area contributed by atoms with Crippen LogP contribution in [0.3, 0.4) is 0 Å². The Balaban J connectivity index is 0.00000261. The van der Waals surface area contributed by atoms with E-state index in [0.717, 1.165) is 54.4 Å². The molecule has 0 radical (unpaired) electrons. The standard InChI is InChI=1S/C20H31ClN4O.HI/c1-3-22-20(24-13-15-9-11-25(14-15)17-5-6-17)23-10-8-16-4-7-18(26-2)12-19(16)21;/h4,7,12,15,17H,3,5-6,8-11,13-14H2,1-2H3,(H2,22,23,24);1H. The number of guanidine groups is 1. The van der Waals surface area contributed by atoms with Crippen LogP contribution in [0.15, 0.2) is 23.2 Å². The van der Waals surface area contributed by atoms with Gasteiger partial charge < -0.3 is 20.3 Å². The van der Waals surface area contributed by atoms with Gasteiger partial charge in [0.1, 0.15) is 5.75 Å². The van der Waals surface area contributed by atoms with E-state index in [9.17, 15) is 0 Å². The normalized spacial score (nSPS) is 20.3. The molecule has 1 atom stereocenters. The third kappa shape index (κ3) is 6.98. The molecule has 1 saturated carbocycles. The van der Waals surface area contributed by atoms with Crippen molar-refractivity contribution in [1.82, 2.24) is 15.5 Å². The van der Waals surface area contributed by atoms with Crippen LogP contribution in [0.4, 0.5) is 0 Å². The maximum atomic E-state index is 6.32. The van der Waals surface area contributed by atoms with Crippen LogP contribution in [0.2, 0.25) is 5.02 Å². The number of likely N-dealkylation sites (tertiary alicyclic amines) is 1. The SMILES string of the molecule is CCNC(=NCC1CCN(C2CC2)C1)NCCc1ccc(OC)cc1Cl.I. The van der Waals surface area contributed by atoms with Crippen LogP contribution in [0.5, 0.6) is 5.75 Å². The molecule has 1 heterocycles. The lowest BCUT2D eigenvalue weighted by Gasteiger charge is -2.15. The average Bonchev–Trinajstić information content (AvgIpc) is 3.39. The number of rotatable bonds is 8. The van der Waals surface area contributed by atoms with Gasteiger partial charge in [-0.2, -0.15) is 0 Å². The molecule has 5 nitrogen and oxygen atoms in total. The minimum Gasteiger partial charge on any atom is -0.497 e. The Morgan fingerprint density at radius 3 is 2.78 bits per heavy atom. The largest absolute Gasteiger partial charge is 0.497 e. The number of hydrogen-bond acceptors (Lipinski definition) is 3. The Hall–Kier alpha value is -0.730. The highest BCUT2D eigenvalue weighted by atomic mass is 127. The molecular weight excluding hydrogens is 475 g/mol. The number of nitrogens with one attached hydrogen (secondary N) is 2. The summed E-state index contributed by atoms with van der Waals surface area (Å²) in [5.74, 6) is 2.39. The van der Waals surface area contributed by atoms with Gasteiger partial charge >= 0.3 is 0 Å². The van der Waals surface area contributed by atoms with Gasteiger partial charge in [-0.3, -0.25) is 4.99 Å². The van der Waals surface area contributed by atoms with E-state index in [-0.39, 0.29) is 24.0 Å². The molecule has 1 aromatic carbocycles. The van der Waals surface area contributed by atoms with Crippen molar-refractivity contribution in [3.8, 4) is 5.75 Å². The summed E-state index contributed by atoms with van der Waals surface area (Å²) in [5, 5.41) is 7.52. The molecule has 1 saturated heterocycles. The molecule has 2 fully saturated rings. The van der Waals surface area contributed by atoms with Crippen molar-refractivity contribution in [3.63, 3.8) is 0 Å². The highest BCUT2D eigenvalue weighted by Gasteiger charge is 2.34. The Kier molecular flexibility index (Phi) is 9.45. The van der Waals surface area contributed by atoms with Gasteiger partial charge in [0.05, 0.1) is 7.11 Å². The predicted octanol–water partition coefficient (Wildman–Crippen LogP) is 3.55. The first-order valence-corrected chi connectivity index (χ1v) is 10.2. The lowest BCUT2D eigenvalue weighted by molar-refractivity contribution is 0.315. The van der Waals surface area contributed by atoms with Crippen molar-refractivity contribution in [2.24, 2.45) is 10.9 Å². The molecule has 0 bridgehead atoms. The molecule has 3 rings (SSSR count). The number of hydrogen-bond donors (Lipinski definition) is 2. The molecule has 2 aliphatic rings. The van der Waals surface area contributed by atoms with Crippen molar-refractivity contribution < 1.29 is 4.74 Å². The highest BCUT2D eigenvalue weighted by Crippen LogP contribution is 2.31. The predicted molar refractivity (Wildman–Crippen MR) is 124 cm³/mol. The van der Waals surface area contributed by atoms with Gasteiger partial charge in [0.25, 0.3) is 0 Å². The number of benzene rings is 1. The van der Waals surface area contributed by atoms with E-state index >= 15 is 0 Å². The van der Waals surface area contributed by atoms with Gasteiger partial charge in [-0.15, -0.1) is 24.0 Å². The second-order valence-electron chi connectivity index (χ2n) is 7.23. The first-order valence-electron chi connectivity index (χ1n) is 9.78. The zero-order chi connectivity index (χ0) is 18.4. The van der Waals surface area contributed by atoms with Gasteiger partial charge in [0.2, 0.25) is 0 Å².